The molecular weight excluding hydrogens is 166 g/mol. The maximum absolute atomic E-state index is 11.4. The molecule has 0 radical (unpaired) electrons. The highest BCUT2D eigenvalue weighted by molar-refractivity contribution is 5.81. The quantitative estimate of drug-likeness (QED) is 0.609. The Bertz CT molecular complexity index is 203. The number of hydrogen-bond acceptors (Lipinski definition) is 3. The zero-order valence-electron chi connectivity index (χ0n) is 7.68. The maximum Gasteiger partial charge on any atom is 0.237 e. The fourth-order valence-electron chi connectivity index (χ4n) is 1.44. The van der Waals surface area contributed by atoms with Gasteiger partial charge in [0.05, 0.1) is 18.5 Å². The van der Waals surface area contributed by atoms with E-state index >= 15 is 0 Å². The topological polar surface area (TPSA) is 64.9 Å². The van der Waals surface area contributed by atoms with E-state index in [-0.39, 0.29) is 11.9 Å². The highest BCUT2D eigenvalue weighted by atomic mass is 16.2. The number of nitriles is 1. The number of rotatable bonds is 3. The molecule has 1 saturated heterocycles. The van der Waals surface area contributed by atoms with E-state index in [1.807, 2.05) is 6.07 Å². The van der Waals surface area contributed by atoms with Crippen molar-refractivity contribution in [3.63, 3.8) is 0 Å². The summed E-state index contributed by atoms with van der Waals surface area (Å²) in [5, 5.41) is 14.2. The molecule has 13 heavy (non-hydrogen) atoms. The number of nitrogens with one attached hydrogen (secondary N) is 2. The van der Waals surface area contributed by atoms with E-state index in [9.17, 15) is 4.79 Å². The second kappa shape index (κ2) is 5.55. The Morgan fingerprint density at radius 2 is 2.46 bits per heavy atom. The normalized spacial score (nSPS) is 21.9. The summed E-state index contributed by atoms with van der Waals surface area (Å²) < 4.78 is 0. The van der Waals surface area contributed by atoms with Gasteiger partial charge in [-0.2, -0.15) is 5.26 Å². The zero-order chi connectivity index (χ0) is 9.52. The standard InChI is InChI=1S/C9H15N3O/c10-5-3-7-12-9(13)8-4-1-2-6-11-8/h8,11H,1-4,6-7H2,(H,12,13)/t8-/m0/s1. The predicted octanol–water partition coefficient (Wildman–Crippen LogP) is 0.158. The molecule has 1 rings (SSSR count). The third-order valence-electron chi connectivity index (χ3n) is 2.16. The highest BCUT2D eigenvalue weighted by Crippen LogP contribution is 2.06. The molecule has 1 aliphatic heterocycles. The zero-order valence-corrected chi connectivity index (χ0v) is 7.68. The smallest absolute Gasteiger partial charge is 0.237 e. The second-order valence-electron chi connectivity index (χ2n) is 3.20. The van der Waals surface area contributed by atoms with Crippen molar-refractivity contribution in [3.05, 3.63) is 0 Å². The van der Waals surface area contributed by atoms with Gasteiger partial charge in [-0.15, -0.1) is 0 Å². The summed E-state index contributed by atoms with van der Waals surface area (Å²) in [6, 6.07) is 1.96. The van der Waals surface area contributed by atoms with E-state index < -0.39 is 0 Å². The Morgan fingerprint density at radius 1 is 1.62 bits per heavy atom. The van der Waals surface area contributed by atoms with Gasteiger partial charge in [0.15, 0.2) is 0 Å². The summed E-state index contributed by atoms with van der Waals surface area (Å²) in [5.74, 6) is 0.0370. The average molecular weight is 181 g/mol. The van der Waals surface area contributed by atoms with E-state index in [1.54, 1.807) is 0 Å². The molecular formula is C9H15N3O. The number of carbonyl (C=O) groups is 1. The molecule has 1 fully saturated rings. The van der Waals surface area contributed by atoms with Gasteiger partial charge in [-0.25, -0.2) is 0 Å². The van der Waals surface area contributed by atoms with Gasteiger partial charge in [0, 0.05) is 6.54 Å². The van der Waals surface area contributed by atoms with Crippen molar-refractivity contribution in [2.75, 3.05) is 13.1 Å². The summed E-state index contributed by atoms with van der Waals surface area (Å²) in [7, 11) is 0. The Balaban J connectivity index is 2.18. The molecule has 0 saturated carbocycles. The Kier molecular flexibility index (Phi) is 4.27. The molecule has 1 atom stereocenters. The molecule has 1 heterocycles. The Morgan fingerprint density at radius 3 is 3.08 bits per heavy atom. The van der Waals surface area contributed by atoms with Crippen LogP contribution in [0.2, 0.25) is 0 Å². The van der Waals surface area contributed by atoms with Crippen LogP contribution < -0.4 is 10.6 Å². The SMILES string of the molecule is N#CCCNC(=O)[C@@H]1CCCCN1. The first-order valence-corrected chi connectivity index (χ1v) is 4.72. The summed E-state index contributed by atoms with van der Waals surface area (Å²) in [6.07, 6.45) is 3.57. The van der Waals surface area contributed by atoms with Gasteiger partial charge in [0.2, 0.25) is 5.91 Å². The van der Waals surface area contributed by atoms with Gasteiger partial charge in [0.25, 0.3) is 0 Å². The molecule has 0 aromatic rings. The average Bonchev–Trinajstić information content (AvgIpc) is 2.19. The monoisotopic (exact) mass is 181 g/mol. The summed E-state index contributed by atoms with van der Waals surface area (Å²) in [4.78, 5) is 11.4. The minimum atomic E-state index is -0.0348. The minimum Gasteiger partial charge on any atom is -0.354 e. The first-order chi connectivity index (χ1) is 6.34. The molecule has 0 unspecified atom stereocenters. The molecule has 0 bridgehead atoms. The lowest BCUT2D eigenvalue weighted by atomic mass is 10.0. The van der Waals surface area contributed by atoms with Crippen molar-refractivity contribution in [2.24, 2.45) is 0 Å². The summed E-state index contributed by atoms with van der Waals surface area (Å²) in [5.41, 5.74) is 0. The van der Waals surface area contributed by atoms with Crippen LogP contribution in [0.5, 0.6) is 0 Å². The largest absolute Gasteiger partial charge is 0.354 e. The molecule has 72 valence electrons. The van der Waals surface area contributed by atoms with Crippen LogP contribution in [0.3, 0.4) is 0 Å². The molecule has 4 heteroatoms. The lowest BCUT2D eigenvalue weighted by Gasteiger charge is -2.22. The van der Waals surface area contributed by atoms with Crippen molar-refractivity contribution < 1.29 is 4.79 Å². The Hall–Kier alpha value is -1.08. The summed E-state index contributed by atoms with van der Waals surface area (Å²) in [6.45, 7) is 1.39. The van der Waals surface area contributed by atoms with Gasteiger partial charge in [-0.05, 0) is 19.4 Å². The number of hydrogen-bond donors (Lipinski definition) is 2. The summed E-state index contributed by atoms with van der Waals surface area (Å²) >= 11 is 0. The van der Waals surface area contributed by atoms with E-state index in [0.717, 1.165) is 25.8 Å². The first-order valence-electron chi connectivity index (χ1n) is 4.72. The van der Waals surface area contributed by atoms with Crippen LogP contribution in [0.4, 0.5) is 0 Å². The third kappa shape index (κ3) is 3.43. The molecule has 2 N–H and O–H groups in total. The van der Waals surface area contributed by atoms with Crippen LogP contribution in [0.1, 0.15) is 25.7 Å². The number of amides is 1. The molecule has 0 spiro atoms. The van der Waals surface area contributed by atoms with E-state index in [1.165, 1.54) is 0 Å². The maximum atomic E-state index is 11.4. The lowest BCUT2D eigenvalue weighted by molar-refractivity contribution is -0.123. The van der Waals surface area contributed by atoms with Gasteiger partial charge >= 0.3 is 0 Å². The van der Waals surface area contributed by atoms with E-state index in [0.29, 0.717) is 13.0 Å². The fourth-order valence-corrected chi connectivity index (χ4v) is 1.44. The van der Waals surface area contributed by atoms with Crippen molar-refractivity contribution >= 4 is 5.91 Å². The van der Waals surface area contributed by atoms with E-state index in [4.69, 9.17) is 5.26 Å². The molecule has 0 aromatic carbocycles. The van der Waals surface area contributed by atoms with Crippen LogP contribution in [-0.4, -0.2) is 25.0 Å². The van der Waals surface area contributed by atoms with Crippen molar-refractivity contribution in [3.8, 4) is 6.07 Å². The van der Waals surface area contributed by atoms with Gasteiger partial charge in [-0.1, -0.05) is 6.42 Å². The fraction of sp³-hybridized carbons (Fsp3) is 0.778. The van der Waals surface area contributed by atoms with Gasteiger partial charge < -0.3 is 10.6 Å². The van der Waals surface area contributed by atoms with Crippen LogP contribution in [0.25, 0.3) is 0 Å². The Labute approximate surface area is 78.3 Å². The molecule has 1 aliphatic rings. The second-order valence-corrected chi connectivity index (χ2v) is 3.20. The van der Waals surface area contributed by atoms with Gasteiger partial charge in [-0.3, -0.25) is 4.79 Å². The van der Waals surface area contributed by atoms with Crippen LogP contribution in [0, 0.1) is 11.3 Å². The molecule has 0 aromatic heterocycles. The van der Waals surface area contributed by atoms with Crippen molar-refractivity contribution in [1.29, 1.82) is 5.26 Å². The number of piperidine rings is 1. The molecule has 4 nitrogen and oxygen atoms in total. The van der Waals surface area contributed by atoms with Crippen LogP contribution in [0.15, 0.2) is 0 Å². The number of nitrogens with zero attached hydrogens (tertiary/aromatic N) is 1. The van der Waals surface area contributed by atoms with Crippen LogP contribution in [-0.2, 0) is 4.79 Å². The van der Waals surface area contributed by atoms with Crippen LogP contribution >= 0.6 is 0 Å². The highest BCUT2D eigenvalue weighted by Gasteiger charge is 2.19. The third-order valence-corrected chi connectivity index (χ3v) is 2.16. The lowest BCUT2D eigenvalue weighted by Crippen LogP contribution is -2.46. The predicted molar refractivity (Wildman–Crippen MR) is 48.9 cm³/mol. The first kappa shape index (κ1) is 10.0. The number of carbonyl (C=O) groups excluding carboxylic acids is 1. The van der Waals surface area contributed by atoms with Crippen molar-refractivity contribution in [1.82, 2.24) is 10.6 Å². The molecule has 0 aliphatic carbocycles. The van der Waals surface area contributed by atoms with Gasteiger partial charge in [0.1, 0.15) is 0 Å². The van der Waals surface area contributed by atoms with Crippen molar-refractivity contribution in [2.45, 2.75) is 31.7 Å². The molecule has 1 amide bonds. The minimum absolute atomic E-state index is 0.0348. The van der Waals surface area contributed by atoms with E-state index in [2.05, 4.69) is 10.6 Å².